The van der Waals surface area contributed by atoms with E-state index in [4.69, 9.17) is 4.74 Å². The average molecular weight is 235 g/mol. The Morgan fingerprint density at radius 3 is 2.65 bits per heavy atom. The highest BCUT2D eigenvalue weighted by Gasteiger charge is 2.22. The van der Waals surface area contributed by atoms with Gasteiger partial charge < -0.3 is 9.72 Å². The first-order chi connectivity index (χ1) is 8.20. The average Bonchev–Trinajstić information content (AvgIpc) is 2.35. The van der Waals surface area contributed by atoms with Gasteiger partial charge >= 0.3 is 0 Å². The Balaban J connectivity index is 2.00. The molecule has 17 heavy (non-hydrogen) atoms. The SMILES string of the molecule is COC1CCC(Cc2c(C)cc[nH]c2=O)CC1. The zero-order chi connectivity index (χ0) is 12.3. The maximum absolute atomic E-state index is 11.8. The van der Waals surface area contributed by atoms with E-state index in [0.717, 1.165) is 30.4 Å². The second-order valence-corrected chi connectivity index (χ2v) is 5.05. The van der Waals surface area contributed by atoms with Gasteiger partial charge in [0.2, 0.25) is 0 Å². The monoisotopic (exact) mass is 235 g/mol. The third-order valence-electron chi connectivity index (χ3n) is 3.92. The Hall–Kier alpha value is -1.09. The second kappa shape index (κ2) is 5.50. The number of methoxy groups -OCH3 is 1. The van der Waals surface area contributed by atoms with Crippen LogP contribution in [0.25, 0.3) is 0 Å². The van der Waals surface area contributed by atoms with E-state index in [1.54, 1.807) is 13.3 Å². The minimum Gasteiger partial charge on any atom is -0.381 e. The van der Waals surface area contributed by atoms with Gasteiger partial charge in [-0.3, -0.25) is 4.79 Å². The molecule has 0 amide bonds. The quantitative estimate of drug-likeness (QED) is 0.874. The van der Waals surface area contributed by atoms with Crippen molar-refractivity contribution in [2.24, 2.45) is 5.92 Å². The third-order valence-corrected chi connectivity index (χ3v) is 3.92. The highest BCUT2D eigenvalue weighted by atomic mass is 16.5. The van der Waals surface area contributed by atoms with Gasteiger partial charge in [-0.1, -0.05) is 0 Å². The summed E-state index contributed by atoms with van der Waals surface area (Å²) >= 11 is 0. The molecule has 1 aromatic heterocycles. The summed E-state index contributed by atoms with van der Waals surface area (Å²) in [5, 5.41) is 0. The van der Waals surface area contributed by atoms with Crippen molar-refractivity contribution in [3.63, 3.8) is 0 Å². The van der Waals surface area contributed by atoms with Crippen molar-refractivity contribution in [1.82, 2.24) is 4.98 Å². The van der Waals surface area contributed by atoms with Crippen molar-refractivity contribution < 1.29 is 4.74 Å². The second-order valence-electron chi connectivity index (χ2n) is 5.05. The van der Waals surface area contributed by atoms with E-state index in [-0.39, 0.29) is 5.56 Å². The Bertz CT molecular complexity index is 416. The number of nitrogens with one attached hydrogen (secondary N) is 1. The first-order valence-electron chi connectivity index (χ1n) is 6.40. The van der Waals surface area contributed by atoms with E-state index in [1.807, 2.05) is 13.0 Å². The Morgan fingerprint density at radius 1 is 1.35 bits per heavy atom. The van der Waals surface area contributed by atoms with Crippen LogP contribution in [0.2, 0.25) is 0 Å². The summed E-state index contributed by atoms with van der Waals surface area (Å²) in [6.07, 6.45) is 7.68. The summed E-state index contributed by atoms with van der Waals surface area (Å²) in [6, 6.07) is 1.98. The number of H-pyrrole nitrogens is 1. The van der Waals surface area contributed by atoms with Gasteiger partial charge in [-0.05, 0) is 56.6 Å². The molecule has 0 spiro atoms. The standard InChI is InChI=1S/C14H21NO2/c1-10-7-8-15-14(16)13(10)9-11-3-5-12(17-2)6-4-11/h7-8,11-12H,3-6,9H2,1-2H3,(H,15,16). The molecular formula is C14H21NO2. The zero-order valence-electron chi connectivity index (χ0n) is 10.7. The molecule has 2 rings (SSSR count). The molecule has 1 N–H and O–H groups in total. The van der Waals surface area contributed by atoms with Gasteiger partial charge in [-0.15, -0.1) is 0 Å². The molecule has 94 valence electrons. The van der Waals surface area contributed by atoms with E-state index >= 15 is 0 Å². The smallest absolute Gasteiger partial charge is 0.251 e. The fourth-order valence-corrected chi connectivity index (χ4v) is 2.72. The molecule has 0 unspecified atom stereocenters. The molecule has 3 heteroatoms. The minimum atomic E-state index is 0.0823. The molecule has 1 aliphatic carbocycles. The van der Waals surface area contributed by atoms with Crippen LogP contribution in [0.15, 0.2) is 17.1 Å². The minimum absolute atomic E-state index is 0.0823. The lowest BCUT2D eigenvalue weighted by atomic mass is 9.83. The number of aromatic nitrogens is 1. The lowest BCUT2D eigenvalue weighted by Gasteiger charge is -2.27. The van der Waals surface area contributed by atoms with Crippen LogP contribution in [0.5, 0.6) is 0 Å². The summed E-state index contributed by atoms with van der Waals surface area (Å²) in [4.78, 5) is 14.5. The van der Waals surface area contributed by atoms with E-state index in [0.29, 0.717) is 12.0 Å². The van der Waals surface area contributed by atoms with E-state index in [2.05, 4.69) is 4.98 Å². The van der Waals surface area contributed by atoms with Crippen LogP contribution < -0.4 is 5.56 Å². The fraction of sp³-hybridized carbons (Fsp3) is 0.643. The van der Waals surface area contributed by atoms with E-state index in [1.165, 1.54) is 12.8 Å². The molecule has 0 bridgehead atoms. The topological polar surface area (TPSA) is 42.1 Å². The number of rotatable bonds is 3. The molecule has 0 radical (unpaired) electrons. The van der Waals surface area contributed by atoms with E-state index < -0.39 is 0 Å². The summed E-state index contributed by atoms with van der Waals surface area (Å²) in [5.41, 5.74) is 2.16. The van der Waals surface area contributed by atoms with Crippen molar-refractivity contribution in [3.8, 4) is 0 Å². The molecule has 1 saturated carbocycles. The largest absolute Gasteiger partial charge is 0.381 e. The molecule has 1 heterocycles. The molecule has 0 saturated heterocycles. The number of aromatic amines is 1. The van der Waals surface area contributed by atoms with Crippen molar-refractivity contribution in [2.45, 2.75) is 45.1 Å². The van der Waals surface area contributed by atoms with Gasteiger partial charge in [0.05, 0.1) is 6.10 Å². The van der Waals surface area contributed by atoms with Gasteiger partial charge in [0.15, 0.2) is 0 Å². The molecule has 1 aliphatic rings. The number of ether oxygens (including phenoxy) is 1. The van der Waals surface area contributed by atoms with Crippen molar-refractivity contribution in [1.29, 1.82) is 0 Å². The molecular weight excluding hydrogens is 214 g/mol. The van der Waals surface area contributed by atoms with Crippen molar-refractivity contribution in [2.75, 3.05) is 7.11 Å². The predicted molar refractivity (Wildman–Crippen MR) is 68.3 cm³/mol. The first-order valence-corrected chi connectivity index (χ1v) is 6.40. The van der Waals surface area contributed by atoms with Gasteiger partial charge in [0.25, 0.3) is 5.56 Å². The maximum atomic E-state index is 11.8. The lowest BCUT2D eigenvalue weighted by Crippen LogP contribution is -2.24. The highest BCUT2D eigenvalue weighted by molar-refractivity contribution is 5.22. The number of hydrogen-bond acceptors (Lipinski definition) is 2. The maximum Gasteiger partial charge on any atom is 0.251 e. The lowest BCUT2D eigenvalue weighted by molar-refractivity contribution is 0.0568. The molecule has 1 aromatic rings. The third kappa shape index (κ3) is 2.97. The molecule has 0 atom stereocenters. The van der Waals surface area contributed by atoms with Crippen LogP contribution in [0.3, 0.4) is 0 Å². The van der Waals surface area contributed by atoms with Crippen LogP contribution in [0, 0.1) is 12.8 Å². The molecule has 0 aromatic carbocycles. The Morgan fingerprint density at radius 2 is 2.06 bits per heavy atom. The van der Waals surface area contributed by atoms with E-state index in [9.17, 15) is 4.79 Å². The predicted octanol–water partition coefficient (Wildman–Crippen LogP) is 2.43. The van der Waals surface area contributed by atoms with Crippen LogP contribution >= 0.6 is 0 Å². The van der Waals surface area contributed by atoms with Gasteiger partial charge in [-0.2, -0.15) is 0 Å². The number of pyridine rings is 1. The van der Waals surface area contributed by atoms with Crippen LogP contribution in [0.4, 0.5) is 0 Å². The normalized spacial score (nSPS) is 24.8. The summed E-state index contributed by atoms with van der Waals surface area (Å²) in [6.45, 7) is 2.02. The van der Waals surface area contributed by atoms with Crippen LogP contribution in [-0.4, -0.2) is 18.2 Å². The van der Waals surface area contributed by atoms with Crippen molar-refractivity contribution >= 4 is 0 Å². The summed E-state index contributed by atoms with van der Waals surface area (Å²) in [7, 11) is 1.79. The molecule has 0 aliphatic heterocycles. The zero-order valence-corrected chi connectivity index (χ0v) is 10.7. The van der Waals surface area contributed by atoms with Crippen LogP contribution in [0.1, 0.15) is 36.8 Å². The fourth-order valence-electron chi connectivity index (χ4n) is 2.72. The Kier molecular flexibility index (Phi) is 4.00. The number of aryl methyl sites for hydroxylation is 1. The molecule has 3 nitrogen and oxygen atoms in total. The first kappa shape index (κ1) is 12.4. The van der Waals surface area contributed by atoms with Gasteiger partial charge in [0.1, 0.15) is 0 Å². The van der Waals surface area contributed by atoms with Gasteiger partial charge in [-0.25, -0.2) is 0 Å². The highest BCUT2D eigenvalue weighted by Crippen LogP contribution is 2.28. The van der Waals surface area contributed by atoms with Gasteiger partial charge in [0, 0.05) is 18.9 Å². The summed E-state index contributed by atoms with van der Waals surface area (Å²) < 4.78 is 5.37. The number of hydrogen-bond donors (Lipinski definition) is 1. The summed E-state index contributed by atoms with van der Waals surface area (Å²) in [5.74, 6) is 0.642. The van der Waals surface area contributed by atoms with Crippen LogP contribution in [-0.2, 0) is 11.2 Å². The molecule has 1 fully saturated rings. The van der Waals surface area contributed by atoms with Crippen molar-refractivity contribution in [3.05, 3.63) is 33.7 Å². The Labute approximate surface area is 102 Å².